The summed E-state index contributed by atoms with van der Waals surface area (Å²) < 4.78 is 0. The third-order valence-corrected chi connectivity index (χ3v) is 4.34. The second-order valence-corrected chi connectivity index (χ2v) is 6.09. The van der Waals surface area contributed by atoms with Crippen LogP contribution < -0.4 is 0 Å². The molecule has 1 unspecified atom stereocenters. The molecule has 2 rings (SSSR count). The first kappa shape index (κ1) is 15.3. The zero-order valence-corrected chi connectivity index (χ0v) is 13.8. The van der Waals surface area contributed by atoms with Crippen molar-refractivity contribution < 1.29 is 0 Å². The fourth-order valence-electron chi connectivity index (χ4n) is 2.41. The molecule has 0 bridgehead atoms. The second kappa shape index (κ2) is 7.61. The average molecular weight is 332 g/mol. The number of benzene rings is 2. The van der Waals surface area contributed by atoms with Crippen LogP contribution in [0.25, 0.3) is 0 Å². The molecule has 0 amide bonds. The van der Waals surface area contributed by atoms with Crippen molar-refractivity contribution in [3.8, 4) is 0 Å². The molecule has 0 spiro atoms. The van der Waals surface area contributed by atoms with E-state index in [4.69, 9.17) is 0 Å². The molecule has 0 aromatic heterocycles. The molecule has 0 aliphatic rings. The highest BCUT2D eigenvalue weighted by Crippen LogP contribution is 2.19. The Morgan fingerprint density at radius 1 is 1.00 bits per heavy atom. The van der Waals surface area contributed by atoms with E-state index < -0.39 is 0 Å². The van der Waals surface area contributed by atoms with Gasteiger partial charge in [-0.05, 0) is 25.1 Å². The molecule has 1 nitrogen and oxygen atoms in total. The van der Waals surface area contributed by atoms with E-state index in [-0.39, 0.29) is 0 Å². The van der Waals surface area contributed by atoms with Gasteiger partial charge in [-0.15, -0.1) is 0 Å². The van der Waals surface area contributed by atoms with Gasteiger partial charge in [0.05, 0.1) is 0 Å². The zero-order valence-electron chi connectivity index (χ0n) is 12.2. The quantitative estimate of drug-likeness (QED) is 0.699. The van der Waals surface area contributed by atoms with Crippen LogP contribution in [-0.2, 0) is 6.54 Å². The van der Waals surface area contributed by atoms with Crippen molar-refractivity contribution in [3.05, 3.63) is 71.3 Å². The van der Waals surface area contributed by atoms with Gasteiger partial charge in [0.2, 0.25) is 0 Å². The maximum Gasteiger partial charge on any atom is 0.0230 e. The smallest absolute Gasteiger partial charge is 0.0230 e. The van der Waals surface area contributed by atoms with E-state index >= 15 is 0 Å². The van der Waals surface area contributed by atoms with Gasteiger partial charge in [0.25, 0.3) is 0 Å². The summed E-state index contributed by atoms with van der Waals surface area (Å²) in [5.74, 6) is 0.534. The van der Waals surface area contributed by atoms with Crippen LogP contribution in [0.2, 0.25) is 0 Å². The normalized spacial score (nSPS) is 12.6. The fourth-order valence-corrected chi connectivity index (χ4v) is 2.99. The number of hydrogen-bond acceptors (Lipinski definition) is 1. The highest BCUT2D eigenvalue weighted by molar-refractivity contribution is 9.09. The van der Waals surface area contributed by atoms with Crippen LogP contribution in [0.1, 0.15) is 22.6 Å². The Balaban J connectivity index is 1.95. The highest BCUT2D eigenvalue weighted by atomic mass is 79.9. The Hall–Kier alpha value is -1.12. The summed E-state index contributed by atoms with van der Waals surface area (Å²) >= 11 is 3.65. The van der Waals surface area contributed by atoms with Gasteiger partial charge in [-0.1, -0.05) is 76.1 Å². The molecule has 0 saturated heterocycles. The van der Waals surface area contributed by atoms with Gasteiger partial charge in [0.1, 0.15) is 0 Å². The van der Waals surface area contributed by atoms with Crippen LogP contribution in [0.3, 0.4) is 0 Å². The Morgan fingerprint density at radius 2 is 1.65 bits per heavy atom. The molecule has 20 heavy (non-hydrogen) atoms. The largest absolute Gasteiger partial charge is 0.301 e. The van der Waals surface area contributed by atoms with E-state index in [0.29, 0.717) is 5.92 Å². The zero-order chi connectivity index (χ0) is 14.4. The minimum absolute atomic E-state index is 0.534. The van der Waals surface area contributed by atoms with Crippen LogP contribution in [0.4, 0.5) is 0 Å². The van der Waals surface area contributed by atoms with E-state index in [2.05, 4.69) is 89.4 Å². The molecule has 2 aromatic carbocycles. The van der Waals surface area contributed by atoms with Crippen molar-refractivity contribution in [1.29, 1.82) is 0 Å². The molecule has 0 radical (unpaired) electrons. The Labute approximate surface area is 130 Å². The predicted octanol–water partition coefficient (Wildman–Crippen LogP) is 4.61. The number of aryl methyl sites for hydroxylation is 1. The minimum Gasteiger partial charge on any atom is -0.301 e. The van der Waals surface area contributed by atoms with E-state index in [9.17, 15) is 0 Å². The van der Waals surface area contributed by atoms with Crippen LogP contribution >= 0.6 is 15.9 Å². The lowest BCUT2D eigenvalue weighted by Crippen LogP contribution is -2.25. The van der Waals surface area contributed by atoms with Gasteiger partial charge >= 0.3 is 0 Å². The van der Waals surface area contributed by atoms with Crippen molar-refractivity contribution in [2.45, 2.75) is 19.4 Å². The molecule has 2 aromatic rings. The van der Waals surface area contributed by atoms with E-state index in [1.54, 1.807) is 0 Å². The molecule has 0 aliphatic carbocycles. The lowest BCUT2D eigenvalue weighted by Gasteiger charge is -2.23. The first-order valence-electron chi connectivity index (χ1n) is 7.04. The lowest BCUT2D eigenvalue weighted by molar-refractivity contribution is 0.311. The molecule has 0 heterocycles. The molecular weight excluding hydrogens is 310 g/mol. The summed E-state index contributed by atoms with van der Waals surface area (Å²) in [6, 6.07) is 19.5. The maximum atomic E-state index is 3.65. The SMILES string of the molecule is Cc1ccc(CN(C)CC(CBr)c2ccccc2)cc1. The summed E-state index contributed by atoms with van der Waals surface area (Å²) in [6.45, 7) is 4.18. The Bertz CT molecular complexity index is 507. The Kier molecular flexibility index (Phi) is 5.81. The molecule has 1 atom stereocenters. The Morgan fingerprint density at radius 3 is 2.25 bits per heavy atom. The average Bonchev–Trinajstić information content (AvgIpc) is 2.48. The van der Waals surface area contributed by atoms with Gasteiger partial charge < -0.3 is 4.90 Å². The van der Waals surface area contributed by atoms with E-state index in [0.717, 1.165) is 18.4 Å². The minimum atomic E-state index is 0.534. The van der Waals surface area contributed by atoms with Crippen LogP contribution in [0.5, 0.6) is 0 Å². The highest BCUT2D eigenvalue weighted by Gasteiger charge is 2.12. The first-order chi connectivity index (χ1) is 9.69. The summed E-state index contributed by atoms with van der Waals surface area (Å²) in [6.07, 6.45) is 0. The van der Waals surface area contributed by atoms with Crippen molar-refractivity contribution in [2.24, 2.45) is 0 Å². The predicted molar refractivity (Wildman–Crippen MR) is 90.5 cm³/mol. The molecule has 106 valence electrons. The molecular formula is C18H22BrN. The fraction of sp³-hybridized carbons (Fsp3) is 0.333. The van der Waals surface area contributed by atoms with E-state index in [1.165, 1.54) is 16.7 Å². The lowest BCUT2D eigenvalue weighted by atomic mass is 10.0. The van der Waals surface area contributed by atoms with Gasteiger partial charge in [0, 0.05) is 24.3 Å². The number of rotatable bonds is 6. The van der Waals surface area contributed by atoms with Gasteiger partial charge in [-0.3, -0.25) is 0 Å². The summed E-state index contributed by atoms with van der Waals surface area (Å²) in [4.78, 5) is 2.39. The number of nitrogens with zero attached hydrogens (tertiary/aromatic N) is 1. The topological polar surface area (TPSA) is 3.24 Å². The number of alkyl halides is 1. The van der Waals surface area contributed by atoms with Crippen molar-refractivity contribution in [1.82, 2.24) is 4.90 Å². The first-order valence-corrected chi connectivity index (χ1v) is 8.16. The summed E-state index contributed by atoms with van der Waals surface area (Å²) in [5, 5.41) is 0.995. The molecule has 0 saturated carbocycles. The van der Waals surface area contributed by atoms with Gasteiger partial charge in [0.15, 0.2) is 0 Å². The standard InChI is InChI=1S/C18H22BrN/c1-15-8-10-16(11-9-15)13-20(2)14-18(12-19)17-6-4-3-5-7-17/h3-11,18H,12-14H2,1-2H3. The van der Waals surface area contributed by atoms with Crippen LogP contribution in [0, 0.1) is 6.92 Å². The van der Waals surface area contributed by atoms with Gasteiger partial charge in [-0.2, -0.15) is 0 Å². The third kappa shape index (κ3) is 4.46. The molecule has 0 N–H and O–H groups in total. The van der Waals surface area contributed by atoms with Gasteiger partial charge in [-0.25, -0.2) is 0 Å². The van der Waals surface area contributed by atoms with Crippen LogP contribution in [-0.4, -0.2) is 23.8 Å². The number of halogens is 1. The summed E-state index contributed by atoms with van der Waals surface area (Å²) in [5.41, 5.74) is 4.10. The number of likely N-dealkylation sites (N-methyl/N-ethyl adjacent to an activating group) is 1. The second-order valence-electron chi connectivity index (χ2n) is 5.44. The molecule has 0 aliphatic heterocycles. The monoisotopic (exact) mass is 331 g/mol. The van der Waals surface area contributed by atoms with Crippen LogP contribution in [0.15, 0.2) is 54.6 Å². The van der Waals surface area contributed by atoms with Crippen molar-refractivity contribution >= 4 is 15.9 Å². The van der Waals surface area contributed by atoms with Crippen molar-refractivity contribution in [2.75, 3.05) is 18.9 Å². The van der Waals surface area contributed by atoms with E-state index in [1.807, 2.05) is 0 Å². The van der Waals surface area contributed by atoms with Crippen molar-refractivity contribution in [3.63, 3.8) is 0 Å². The third-order valence-electron chi connectivity index (χ3n) is 3.56. The summed E-state index contributed by atoms with van der Waals surface area (Å²) in [7, 11) is 2.19. The maximum absolute atomic E-state index is 3.65. The number of hydrogen-bond donors (Lipinski definition) is 0. The molecule has 2 heteroatoms. The molecule has 0 fully saturated rings.